The van der Waals surface area contributed by atoms with Crippen molar-refractivity contribution >= 4 is 22.6 Å². The van der Waals surface area contributed by atoms with Crippen molar-refractivity contribution in [3.05, 3.63) is 35.9 Å². The molecule has 0 fully saturated rings. The van der Waals surface area contributed by atoms with E-state index in [4.69, 9.17) is 4.74 Å². The lowest BCUT2D eigenvalue weighted by atomic mass is 10.1. The molecule has 1 unspecified atom stereocenters. The molecule has 1 aromatic rings. The second-order valence-corrected chi connectivity index (χ2v) is 4.66. The Morgan fingerprint density at radius 1 is 1.21 bits per heavy atom. The quantitative estimate of drug-likeness (QED) is 0.593. The highest BCUT2D eigenvalue weighted by molar-refractivity contribution is 14.1. The van der Waals surface area contributed by atoms with E-state index in [-0.39, 0.29) is 6.10 Å². The molecule has 1 rings (SSSR count). The lowest BCUT2D eigenvalue weighted by molar-refractivity contribution is 0.0518. The van der Waals surface area contributed by atoms with Crippen molar-refractivity contribution in [3.63, 3.8) is 0 Å². The molecule has 0 spiro atoms. The fourth-order valence-corrected chi connectivity index (χ4v) is 1.97. The van der Waals surface area contributed by atoms with Crippen LogP contribution in [0.2, 0.25) is 0 Å². The van der Waals surface area contributed by atoms with Gasteiger partial charge in [-0.1, -0.05) is 66.8 Å². The third-order valence-electron chi connectivity index (χ3n) is 1.94. The number of benzene rings is 1. The van der Waals surface area contributed by atoms with Gasteiger partial charge in [-0.2, -0.15) is 0 Å². The van der Waals surface area contributed by atoms with Crippen molar-refractivity contribution in [2.45, 2.75) is 20.0 Å². The minimum Gasteiger partial charge on any atom is -0.372 e. The highest BCUT2D eigenvalue weighted by atomic mass is 127. The van der Waals surface area contributed by atoms with Crippen LogP contribution >= 0.6 is 22.6 Å². The van der Waals surface area contributed by atoms with E-state index in [2.05, 4.69) is 60.7 Å². The fraction of sp³-hybridized carbons (Fsp3) is 0.500. The van der Waals surface area contributed by atoms with Gasteiger partial charge in [-0.25, -0.2) is 0 Å². The monoisotopic (exact) mass is 304 g/mol. The Balaban J connectivity index is 2.54. The van der Waals surface area contributed by atoms with E-state index in [0.717, 1.165) is 11.0 Å². The van der Waals surface area contributed by atoms with Gasteiger partial charge in [0.2, 0.25) is 0 Å². The lowest BCUT2D eigenvalue weighted by Gasteiger charge is -2.17. The molecule has 1 nitrogen and oxygen atoms in total. The number of rotatable bonds is 5. The van der Waals surface area contributed by atoms with Crippen molar-refractivity contribution in [3.8, 4) is 0 Å². The van der Waals surface area contributed by atoms with Gasteiger partial charge in [-0.15, -0.1) is 0 Å². The van der Waals surface area contributed by atoms with Gasteiger partial charge in [-0.05, 0) is 11.5 Å². The predicted molar refractivity (Wildman–Crippen MR) is 68.9 cm³/mol. The average molecular weight is 304 g/mol. The maximum Gasteiger partial charge on any atom is 0.0914 e. The molecule has 0 saturated carbocycles. The van der Waals surface area contributed by atoms with E-state index in [1.165, 1.54) is 5.56 Å². The Hall–Kier alpha value is -0.0900. The molecule has 1 atom stereocenters. The summed E-state index contributed by atoms with van der Waals surface area (Å²) in [7, 11) is 0. The van der Waals surface area contributed by atoms with Crippen LogP contribution < -0.4 is 0 Å². The minimum atomic E-state index is 0.249. The van der Waals surface area contributed by atoms with E-state index in [9.17, 15) is 0 Å². The standard InChI is InChI=1S/C12H17IO/c1-10(2)9-14-12(8-13)11-6-4-3-5-7-11/h3-7,10,12H,8-9H2,1-2H3. The second kappa shape index (κ2) is 6.40. The molecule has 1 aromatic carbocycles. The first-order valence-electron chi connectivity index (χ1n) is 4.96. The zero-order chi connectivity index (χ0) is 10.4. The van der Waals surface area contributed by atoms with Crippen molar-refractivity contribution in [1.82, 2.24) is 0 Å². The number of hydrogen-bond donors (Lipinski definition) is 0. The molecule has 0 amide bonds. The van der Waals surface area contributed by atoms with Crippen LogP contribution in [0, 0.1) is 5.92 Å². The molecule has 78 valence electrons. The first kappa shape index (κ1) is 12.0. The van der Waals surface area contributed by atoms with E-state index in [0.29, 0.717) is 5.92 Å². The van der Waals surface area contributed by atoms with Crippen LogP contribution in [0.15, 0.2) is 30.3 Å². The number of ether oxygens (including phenoxy) is 1. The van der Waals surface area contributed by atoms with Crippen LogP contribution in [0.1, 0.15) is 25.5 Å². The van der Waals surface area contributed by atoms with E-state index in [1.807, 2.05) is 6.07 Å². The summed E-state index contributed by atoms with van der Waals surface area (Å²) in [5.74, 6) is 0.601. The van der Waals surface area contributed by atoms with E-state index < -0.39 is 0 Å². The largest absolute Gasteiger partial charge is 0.372 e. The first-order valence-corrected chi connectivity index (χ1v) is 6.49. The third-order valence-corrected chi connectivity index (χ3v) is 2.74. The number of hydrogen-bond acceptors (Lipinski definition) is 1. The second-order valence-electron chi connectivity index (χ2n) is 3.78. The molecule has 0 bridgehead atoms. The maximum atomic E-state index is 5.83. The van der Waals surface area contributed by atoms with Crippen LogP contribution in [0.4, 0.5) is 0 Å². The normalized spacial score (nSPS) is 13.1. The van der Waals surface area contributed by atoms with Gasteiger partial charge in [0, 0.05) is 11.0 Å². The summed E-state index contributed by atoms with van der Waals surface area (Å²) in [5.41, 5.74) is 1.28. The molecule has 0 aromatic heterocycles. The Bertz CT molecular complexity index is 246. The zero-order valence-corrected chi connectivity index (χ0v) is 10.9. The molecule has 0 radical (unpaired) electrons. The summed E-state index contributed by atoms with van der Waals surface area (Å²) in [4.78, 5) is 0. The Morgan fingerprint density at radius 3 is 2.36 bits per heavy atom. The minimum absolute atomic E-state index is 0.249. The van der Waals surface area contributed by atoms with Crippen molar-refractivity contribution < 1.29 is 4.74 Å². The van der Waals surface area contributed by atoms with Gasteiger partial charge in [0.25, 0.3) is 0 Å². The van der Waals surface area contributed by atoms with Crippen molar-refractivity contribution in [2.24, 2.45) is 5.92 Å². The summed E-state index contributed by atoms with van der Waals surface area (Å²) in [6, 6.07) is 10.4. The highest BCUT2D eigenvalue weighted by Gasteiger charge is 2.10. The summed E-state index contributed by atoms with van der Waals surface area (Å²) >= 11 is 2.37. The van der Waals surface area contributed by atoms with Crippen molar-refractivity contribution in [2.75, 3.05) is 11.0 Å². The molecule has 2 heteroatoms. The van der Waals surface area contributed by atoms with Crippen LogP contribution in [0.25, 0.3) is 0 Å². The molecular formula is C12H17IO. The molecule has 0 N–H and O–H groups in total. The van der Waals surface area contributed by atoms with Gasteiger partial charge in [0.05, 0.1) is 6.10 Å². The molecule has 14 heavy (non-hydrogen) atoms. The maximum absolute atomic E-state index is 5.83. The predicted octanol–water partition coefficient (Wildman–Crippen LogP) is 3.84. The van der Waals surface area contributed by atoms with Gasteiger partial charge in [0.1, 0.15) is 0 Å². The van der Waals surface area contributed by atoms with Gasteiger partial charge in [0.15, 0.2) is 0 Å². The van der Waals surface area contributed by atoms with Gasteiger partial charge < -0.3 is 4.74 Å². The van der Waals surface area contributed by atoms with E-state index >= 15 is 0 Å². The highest BCUT2D eigenvalue weighted by Crippen LogP contribution is 2.20. The smallest absolute Gasteiger partial charge is 0.0914 e. The van der Waals surface area contributed by atoms with Gasteiger partial charge >= 0.3 is 0 Å². The van der Waals surface area contributed by atoms with E-state index in [1.54, 1.807) is 0 Å². The van der Waals surface area contributed by atoms with Crippen LogP contribution in [-0.2, 0) is 4.74 Å². The van der Waals surface area contributed by atoms with Crippen LogP contribution in [-0.4, -0.2) is 11.0 Å². The molecule has 0 aliphatic carbocycles. The molecular weight excluding hydrogens is 287 g/mol. The molecule has 0 aliphatic heterocycles. The Labute approximate surface area is 100.0 Å². The topological polar surface area (TPSA) is 9.23 Å². The van der Waals surface area contributed by atoms with Crippen LogP contribution in [0.3, 0.4) is 0 Å². The molecule has 0 heterocycles. The average Bonchev–Trinajstić information content (AvgIpc) is 2.20. The fourth-order valence-electron chi connectivity index (χ4n) is 1.21. The number of alkyl halides is 1. The van der Waals surface area contributed by atoms with Crippen molar-refractivity contribution in [1.29, 1.82) is 0 Å². The Kier molecular flexibility index (Phi) is 5.48. The summed E-state index contributed by atoms with van der Waals surface area (Å²) < 4.78 is 6.84. The first-order chi connectivity index (χ1) is 6.74. The van der Waals surface area contributed by atoms with Crippen LogP contribution in [0.5, 0.6) is 0 Å². The zero-order valence-electron chi connectivity index (χ0n) is 8.74. The lowest BCUT2D eigenvalue weighted by Crippen LogP contribution is -2.10. The van der Waals surface area contributed by atoms with Gasteiger partial charge in [-0.3, -0.25) is 0 Å². The Morgan fingerprint density at radius 2 is 1.86 bits per heavy atom. The summed E-state index contributed by atoms with van der Waals surface area (Å²) in [6.07, 6.45) is 0.249. The molecule has 0 aliphatic rings. The number of halogens is 1. The summed E-state index contributed by atoms with van der Waals surface area (Å²) in [6.45, 7) is 5.19. The molecule has 0 saturated heterocycles. The SMILES string of the molecule is CC(C)COC(CI)c1ccccc1. The summed E-state index contributed by atoms with van der Waals surface area (Å²) in [5, 5.41) is 0. The third kappa shape index (κ3) is 3.96.